The summed E-state index contributed by atoms with van der Waals surface area (Å²) < 4.78 is 0. The topological polar surface area (TPSA) is 42.2 Å². The molecule has 0 aromatic carbocycles. The van der Waals surface area contributed by atoms with Crippen LogP contribution in [0.25, 0.3) is 0 Å². The minimum Gasteiger partial charge on any atom is -0.348 e. The van der Waals surface area contributed by atoms with Crippen LogP contribution in [0.2, 0.25) is 0 Å². The van der Waals surface area contributed by atoms with Crippen molar-refractivity contribution < 1.29 is 0 Å². The molecule has 0 amide bonds. The van der Waals surface area contributed by atoms with Crippen molar-refractivity contribution in [2.24, 2.45) is 17.6 Å². The second-order valence-electron chi connectivity index (χ2n) is 4.66. The third kappa shape index (κ3) is 2.49. The SMILES string of the molecule is CC1CC(C)CN(c2ncc(CN)s2)C1. The van der Waals surface area contributed by atoms with Gasteiger partial charge in [-0.05, 0) is 18.3 Å². The number of thiazole rings is 1. The van der Waals surface area contributed by atoms with Crippen LogP contribution in [0.15, 0.2) is 6.20 Å². The van der Waals surface area contributed by atoms with Crippen LogP contribution in [0.4, 0.5) is 5.13 Å². The summed E-state index contributed by atoms with van der Waals surface area (Å²) >= 11 is 1.73. The molecule has 1 fully saturated rings. The van der Waals surface area contributed by atoms with Crippen LogP contribution in [0, 0.1) is 11.8 Å². The van der Waals surface area contributed by atoms with Crippen LogP contribution in [-0.2, 0) is 6.54 Å². The van der Waals surface area contributed by atoms with Crippen molar-refractivity contribution in [3.8, 4) is 0 Å². The summed E-state index contributed by atoms with van der Waals surface area (Å²) in [5.74, 6) is 1.55. The molecule has 1 aromatic rings. The van der Waals surface area contributed by atoms with E-state index in [1.54, 1.807) is 11.3 Å². The highest BCUT2D eigenvalue weighted by atomic mass is 32.1. The van der Waals surface area contributed by atoms with E-state index in [0.29, 0.717) is 6.54 Å². The van der Waals surface area contributed by atoms with Crippen molar-refractivity contribution in [1.82, 2.24) is 4.98 Å². The van der Waals surface area contributed by atoms with E-state index in [4.69, 9.17) is 5.73 Å². The highest BCUT2D eigenvalue weighted by Gasteiger charge is 2.23. The first-order valence-corrected chi connectivity index (χ1v) is 6.40. The maximum Gasteiger partial charge on any atom is 0.185 e. The molecule has 2 rings (SSSR count). The molecule has 1 aliphatic heterocycles. The van der Waals surface area contributed by atoms with Crippen LogP contribution >= 0.6 is 11.3 Å². The molecule has 0 radical (unpaired) electrons. The van der Waals surface area contributed by atoms with Crippen molar-refractivity contribution in [2.75, 3.05) is 18.0 Å². The van der Waals surface area contributed by atoms with Gasteiger partial charge in [0.15, 0.2) is 5.13 Å². The fourth-order valence-corrected chi connectivity index (χ4v) is 3.16. The average molecular weight is 225 g/mol. The first-order chi connectivity index (χ1) is 7.19. The van der Waals surface area contributed by atoms with E-state index in [1.807, 2.05) is 6.20 Å². The van der Waals surface area contributed by atoms with Crippen LogP contribution in [0.1, 0.15) is 25.1 Å². The number of hydrogen-bond donors (Lipinski definition) is 1. The van der Waals surface area contributed by atoms with Crippen LogP contribution < -0.4 is 10.6 Å². The third-order valence-electron chi connectivity index (χ3n) is 2.88. The Labute approximate surface area is 95.3 Å². The molecule has 0 saturated carbocycles. The number of rotatable bonds is 2. The maximum atomic E-state index is 5.60. The molecule has 84 valence electrons. The first-order valence-electron chi connectivity index (χ1n) is 5.58. The fourth-order valence-electron chi connectivity index (χ4n) is 2.36. The van der Waals surface area contributed by atoms with Gasteiger partial charge in [0.2, 0.25) is 0 Å². The Bertz CT molecular complexity index is 313. The predicted molar refractivity (Wildman–Crippen MR) is 65.2 cm³/mol. The molecular formula is C11H19N3S. The zero-order valence-corrected chi connectivity index (χ0v) is 10.3. The summed E-state index contributed by atoms with van der Waals surface area (Å²) in [7, 11) is 0. The number of anilines is 1. The molecule has 2 heterocycles. The zero-order valence-electron chi connectivity index (χ0n) is 9.44. The van der Waals surface area contributed by atoms with Gasteiger partial charge in [-0.15, -0.1) is 11.3 Å². The molecule has 2 N–H and O–H groups in total. The monoisotopic (exact) mass is 225 g/mol. The van der Waals surface area contributed by atoms with Crippen molar-refractivity contribution in [3.63, 3.8) is 0 Å². The van der Waals surface area contributed by atoms with Crippen molar-refractivity contribution in [2.45, 2.75) is 26.8 Å². The predicted octanol–water partition coefficient (Wildman–Crippen LogP) is 2.08. The maximum absolute atomic E-state index is 5.60. The van der Waals surface area contributed by atoms with Gasteiger partial charge in [-0.1, -0.05) is 13.8 Å². The standard InChI is InChI=1S/C11H19N3S/c1-8-3-9(2)7-14(6-8)11-13-5-10(4-12)15-11/h5,8-9H,3-4,6-7,12H2,1-2H3. The van der Waals surface area contributed by atoms with Crippen molar-refractivity contribution >= 4 is 16.5 Å². The molecule has 2 atom stereocenters. The van der Waals surface area contributed by atoms with Gasteiger partial charge in [0, 0.05) is 30.7 Å². The second-order valence-corrected chi connectivity index (χ2v) is 5.76. The van der Waals surface area contributed by atoms with E-state index in [9.17, 15) is 0 Å². The van der Waals surface area contributed by atoms with Crippen molar-refractivity contribution in [1.29, 1.82) is 0 Å². The second kappa shape index (κ2) is 4.49. The lowest BCUT2D eigenvalue weighted by atomic mass is 9.92. The lowest BCUT2D eigenvalue weighted by Gasteiger charge is -2.34. The summed E-state index contributed by atoms with van der Waals surface area (Å²) in [5, 5.41) is 1.15. The fraction of sp³-hybridized carbons (Fsp3) is 0.727. The molecule has 3 nitrogen and oxygen atoms in total. The van der Waals surface area contributed by atoms with Gasteiger partial charge >= 0.3 is 0 Å². The molecule has 1 aliphatic rings. The van der Waals surface area contributed by atoms with E-state index < -0.39 is 0 Å². The van der Waals surface area contributed by atoms with E-state index in [1.165, 1.54) is 11.3 Å². The van der Waals surface area contributed by atoms with E-state index in [-0.39, 0.29) is 0 Å². The Kier molecular flexibility index (Phi) is 3.26. The summed E-state index contributed by atoms with van der Waals surface area (Å²) in [6.45, 7) is 7.53. The van der Waals surface area contributed by atoms with E-state index in [0.717, 1.165) is 30.1 Å². The van der Waals surface area contributed by atoms with Gasteiger partial charge in [-0.2, -0.15) is 0 Å². The number of hydrogen-bond acceptors (Lipinski definition) is 4. The summed E-state index contributed by atoms with van der Waals surface area (Å²) in [6, 6.07) is 0. The molecule has 0 bridgehead atoms. The van der Waals surface area contributed by atoms with Gasteiger partial charge in [0.25, 0.3) is 0 Å². The largest absolute Gasteiger partial charge is 0.348 e. The molecule has 2 unspecified atom stereocenters. The average Bonchev–Trinajstić information content (AvgIpc) is 2.64. The minimum atomic E-state index is 0.608. The first kappa shape index (κ1) is 10.9. The van der Waals surface area contributed by atoms with E-state index in [2.05, 4.69) is 23.7 Å². The summed E-state index contributed by atoms with van der Waals surface area (Å²) in [4.78, 5) is 8.03. The quantitative estimate of drug-likeness (QED) is 0.838. The van der Waals surface area contributed by atoms with Gasteiger partial charge in [0.05, 0.1) is 0 Å². The number of aromatic nitrogens is 1. The van der Waals surface area contributed by atoms with Crippen molar-refractivity contribution in [3.05, 3.63) is 11.1 Å². The number of nitrogens with zero attached hydrogens (tertiary/aromatic N) is 2. The normalized spacial score (nSPS) is 27.0. The molecule has 1 saturated heterocycles. The number of nitrogens with two attached hydrogens (primary N) is 1. The molecule has 4 heteroatoms. The lowest BCUT2D eigenvalue weighted by Crippen LogP contribution is -2.38. The highest BCUT2D eigenvalue weighted by Crippen LogP contribution is 2.29. The Balaban J connectivity index is 2.09. The van der Waals surface area contributed by atoms with E-state index >= 15 is 0 Å². The van der Waals surface area contributed by atoms with Crippen LogP contribution in [-0.4, -0.2) is 18.1 Å². The molecule has 15 heavy (non-hydrogen) atoms. The molecule has 0 aliphatic carbocycles. The molecule has 0 spiro atoms. The van der Waals surface area contributed by atoms with Gasteiger partial charge in [0.1, 0.15) is 0 Å². The Hall–Kier alpha value is -0.610. The third-order valence-corrected chi connectivity index (χ3v) is 3.96. The minimum absolute atomic E-state index is 0.608. The van der Waals surface area contributed by atoms with Crippen LogP contribution in [0.5, 0.6) is 0 Å². The van der Waals surface area contributed by atoms with Gasteiger partial charge in [-0.25, -0.2) is 4.98 Å². The Morgan fingerprint density at radius 3 is 2.67 bits per heavy atom. The summed E-state index contributed by atoms with van der Waals surface area (Å²) in [5.41, 5.74) is 5.60. The Morgan fingerprint density at radius 1 is 1.47 bits per heavy atom. The summed E-state index contributed by atoms with van der Waals surface area (Å²) in [6.07, 6.45) is 3.25. The van der Waals surface area contributed by atoms with Crippen LogP contribution in [0.3, 0.4) is 0 Å². The molecule has 1 aromatic heterocycles. The highest BCUT2D eigenvalue weighted by molar-refractivity contribution is 7.15. The Morgan fingerprint density at radius 2 is 2.13 bits per heavy atom. The molecular weight excluding hydrogens is 206 g/mol. The smallest absolute Gasteiger partial charge is 0.185 e. The van der Waals surface area contributed by atoms with Gasteiger partial charge < -0.3 is 10.6 Å². The van der Waals surface area contributed by atoms with Gasteiger partial charge in [-0.3, -0.25) is 0 Å². The lowest BCUT2D eigenvalue weighted by molar-refractivity contribution is 0.356. The zero-order chi connectivity index (χ0) is 10.8. The number of piperidine rings is 1.